The third-order valence-electron chi connectivity index (χ3n) is 2.43. The van der Waals surface area contributed by atoms with Gasteiger partial charge in [-0.25, -0.2) is 0 Å². The number of carboxylic acids is 1. The molecule has 6 nitrogen and oxygen atoms in total. The van der Waals surface area contributed by atoms with Crippen molar-refractivity contribution in [3.05, 3.63) is 46.9 Å². The average Bonchev–Trinajstić information content (AvgIpc) is 2.45. The predicted molar refractivity (Wildman–Crippen MR) is 74.7 cm³/mol. The second kappa shape index (κ2) is 6.25. The van der Waals surface area contributed by atoms with Gasteiger partial charge in [0.2, 0.25) is 0 Å². The predicted octanol–water partition coefficient (Wildman–Crippen LogP) is 1.42. The number of methoxy groups -OCH3 is 1. The van der Waals surface area contributed by atoms with Gasteiger partial charge in [-0.2, -0.15) is 4.98 Å². The summed E-state index contributed by atoms with van der Waals surface area (Å²) in [5.74, 6) is -0.471. The van der Waals surface area contributed by atoms with Gasteiger partial charge in [-0.1, -0.05) is 17.8 Å². The fourth-order valence-electron chi connectivity index (χ4n) is 1.57. The lowest BCUT2D eigenvalue weighted by Crippen LogP contribution is -2.13. The van der Waals surface area contributed by atoms with Crippen molar-refractivity contribution in [3.8, 4) is 11.4 Å². The maximum Gasteiger partial charge on any atom is 0.313 e. The van der Waals surface area contributed by atoms with E-state index < -0.39 is 11.5 Å². The van der Waals surface area contributed by atoms with E-state index >= 15 is 0 Å². The number of rotatable bonds is 5. The Labute approximate surface area is 119 Å². The molecule has 0 spiro atoms. The van der Waals surface area contributed by atoms with E-state index in [0.717, 1.165) is 17.4 Å². The van der Waals surface area contributed by atoms with Crippen molar-refractivity contribution in [2.45, 2.75) is 5.16 Å². The average molecular weight is 292 g/mol. The first-order valence-corrected chi connectivity index (χ1v) is 6.67. The molecule has 2 rings (SSSR count). The molecule has 2 aromatic rings. The van der Waals surface area contributed by atoms with Gasteiger partial charge in [0.1, 0.15) is 5.75 Å². The smallest absolute Gasteiger partial charge is 0.313 e. The molecule has 0 aliphatic rings. The fourth-order valence-corrected chi connectivity index (χ4v) is 2.28. The number of hydrogen-bond donors (Lipinski definition) is 1. The fraction of sp³-hybridized carbons (Fsp3) is 0.154. The Morgan fingerprint density at radius 1 is 1.45 bits per heavy atom. The van der Waals surface area contributed by atoms with Crippen molar-refractivity contribution in [1.29, 1.82) is 0 Å². The maximum atomic E-state index is 11.3. The van der Waals surface area contributed by atoms with Crippen LogP contribution in [0.1, 0.15) is 0 Å². The molecule has 0 bridgehead atoms. The molecule has 0 aliphatic heterocycles. The van der Waals surface area contributed by atoms with Gasteiger partial charge in [0.25, 0.3) is 5.56 Å². The summed E-state index contributed by atoms with van der Waals surface area (Å²) in [6, 6.07) is 8.52. The Kier molecular flexibility index (Phi) is 4.41. The van der Waals surface area contributed by atoms with Gasteiger partial charge in [0, 0.05) is 18.3 Å². The summed E-state index contributed by atoms with van der Waals surface area (Å²) >= 11 is 0.989. The molecular formula is C13H12N2O4S. The number of nitrogens with zero attached hydrogens (tertiary/aromatic N) is 2. The normalized spacial score (nSPS) is 10.2. The molecule has 0 saturated carbocycles. The van der Waals surface area contributed by atoms with E-state index in [0.29, 0.717) is 10.9 Å². The lowest BCUT2D eigenvalue weighted by atomic mass is 10.3. The minimum absolute atomic E-state index is 0.166. The number of thioether (sulfide) groups is 1. The zero-order valence-electron chi connectivity index (χ0n) is 10.6. The summed E-state index contributed by atoms with van der Waals surface area (Å²) in [6.07, 6.45) is 1.56. The summed E-state index contributed by atoms with van der Waals surface area (Å²) in [5, 5.41) is 9.06. The van der Waals surface area contributed by atoms with E-state index in [9.17, 15) is 9.59 Å². The summed E-state index contributed by atoms with van der Waals surface area (Å²) in [7, 11) is 1.56. The van der Waals surface area contributed by atoms with Gasteiger partial charge >= 0.3 is 5.97 Å². The van der Waals surface area contributed by atoms with Gasteiger partial charge in [0.15, 0.2) is 5.16 Å². The van der Waals surface area contributed by atoms with Gasteiger partial charge in [-0.3, -0.25) is 14.2 Å². The lowest BCUT2D eigenvalue weighted by Gasteiger charge is -2.11. The van der Waals surface area contributed by atoms with E-state index in [4.69, 9.17) is 9.84 Å². The Balaban J connectivity index is 2.43. The Morgan fingerprint density at radius 3 is 2.95 bits per heavy atom. The van der Waals surface area contributed by atoms with Gasteiger partial charge < -0.3 is 9.84 Å². The Morgan fingerprint density at radius 2 is 2.25 bits per heavy atom. The van der Waals surface area contributed by atoms with E-state index in [-0.39, 0.29) is 5.75 Å². The third kappa shape index (κ3) is 3.39. The Bertz CT molecular complexity index is 684. The summed E-state index contributed by atoms with van der Waals surface area (Å²) in [5.41, 5.74) is 0.335. The third-order valence-corrected chi connectivity index (χ3v) is 3.37. The molecular weight excluding hydrogens is 280 g/mol. The van der Waals surface area contributed by atoms with E-state index in [1.165, 1.54) is 6.07 Å². The van der Waals surface area contributed by atoms with Crippen LogP contribution in [0.2, 0.25) is 0 Å². The van der Waals surface area contributed by atoms with Crippen LogP contribution < -0.4 is 10.3 Å². The van der Waals surface area contributed by atoms with Crippen molar-refractivity contribution < 1.29 is 14.6 Å². The van der Waals surface area contributed by atoms with Crippen LogP contribution in [0.15, 0.2) is 46.5 Å². The summed E-state index contributed by atoms with van der Waals surface area (Å²) in [4.78, 5) is 25.8. The monoisotopic (exact) mass is 292 g/mol. The van der Waals surface area contributed by atoms with Crippen LogP contribution in [0.5, 0.6) is 5.75 Å². The maximum absolute atomic E-state index is 11.3. The first kappa shape index (κ1) is 14.1. The highest BCUT2D eigenvalue weighted by Gasteiger charge is 2.09. The lowest BCUT2D eigenvalue weighted by molar-refractivity contribution is -0.133. The van der Waals surface area contributed by atoms with Crippen LogP contribution in [0.25, 0.3) is 5.69 Å². The first-order chi connectivity index (χ1) is 9.60. The highest BCUT2D eigenvalue weighted by atomic mass is 32.2. The molecule has 1 aromatic heterocycles. The molecule has 0 atom stereocenters. The minimum Gasteiger partial charge on any atom is -0.497 e. The molecule has 1 heterocycles. The molecule has 1 N–H and O–H groups in total. The van der Waals surface area contributed by atoms with Crippen molar-refractivity contribution in [2.24, 2.45) is 0 Å². The highest BCUT2D eigenvalue weighted by Crippen LogP contribution is 2.21. The van der Waals surface area contributed by atoms with Crippen LogP contribution in [0.3, 0.4) is 0 Å². The SMILES string of the molecule is COc1cccc(-n2ccc(=O)nc2SCC(=O)O)c1. The van der Waals surface area contributed by atoms with Crippen LogP contribution in [-0.4, -0.2) is 33.5 Å². The molecule has 0 aliphatic carbocycles. The molecule has 7 heteroatoms. The molecule has 0 saturated heterocycles. The standard InChI is InChI=1S/C13H12N2O4S/c1-19-10-4-2-3-9(7-10)15-6-5-11(16)14-13(15)20-8-12(17)18/h2-7H,8H2,1H3,(H,17,18). The number of aromatic nitrogens is 2. The van der Waals surface area contributed by atoms with E-state index in [2.05, 4.69) is 4.98 Å². The minimum atomic E-state index is -0.967. The molecule has 0 amide bonds. The second-order valence-electron chi connectivity index (χ2n) is 3.80. The molecule has 1 aromatic carbocycles. The molecule has 0 unspecified atom stereocenters. The number of carboxylic acid groups (broad SMARTS) is 1. The number of benzene rings is 1. The van der Waals surface area contributed by atoms with Crippen molar-refractivity contribution in [3.63, 3.8) is 0 Å². The second-order valence-corrected chi connectivity index (χ2v) is 4.74. The quantitative estimate of drug-likeness (QED) is 0.663. The highest BCUT2D eigenvalue weighted by molar-refractivity contribution is 7.99. The van der Waals surface area contributed by atoms with Crippen LogP contribution >= 0.6 is 11.8 Å². The van der Waals surface area contributed by atoms with Gasteiger partial charge in [0.05, 0.1) is 18.6 Å². The number of hydrogen-bond acceptors (Lipinski definition) is 5. The van der Waals surface area contributed by atoms with Crippen molar-refractivity contribution in [2.75, 3.05) is 12.9 Å². The number of carbonyl (C=O) groups is 1. The first-order valence-electron chi connectivity index (χ1n) is 5.69. The zero-order chi connectivity index (χ0) is 14.5. The van der Waals surface area contributed by atoms with Crippen LogP contribution in [-0.2, 0) is 4.79 Å². The number of ether oxygens (including phenoxy) is 1. The van der Waals surface area contributed by atoms with Gasteiger partial charge in [-0.05, 0) is 12.1 Å². The van der Waals surface area contributed by atoms with Crippen molar-refractivity contribution >= 4 is 17.7 Å². The molecule has 104 valence electrons. The van der Waals surface area contributed by atoms with E-state index in [1.807, 2.05) is 6.07 Å². The molecule has 0 radical (unpaired) electrons. The molecule has 20 heavy (non-hydrogen) atoms. The van der Waals surface area contributed by atoms with Gasteiger partial charge in [-0.15, -0.1) is 0 Å². The number of aliphatic carboxylic acids is 1. The van der Waals surface area contributed by atoms with Crippen LogP contribution in [0, 0.1) is 0 Å². The summed E-state index contributed by atoms with van der Waals surface area (Å²) < 4.78 is 6.79. The van der Waals surface area contributed by atoms with Crippen LogP contribution in [0.4, 0.5) is 0 Å². The topological polar surface area (TPSA) is 81.4 Å². The molecule has 0 fully saturated rings. The van der Waals surface area contributed by atoms with E-state index in [1.54, 1.807) is 36.1 Å². The zero-order valence-corrected chi connectivity index (χ0v) is 11.5. The largest absolute Gasteiger partial charge is 0.497 e. The summed E-state index contributed by atoms with van der Waals surface area (Å²) in [6.45, 7) is 0. The Hall–Kier alpha value is -2.28. The van der Waals surface area contributed by atoms with Crippen molar-refractivity contribution in [1.82, 2.24) is 9.55 Å².